The van der Waals surface area contributed by atoms with Crippen LogP contribution in [0.25, 0.3) is 0 Å². The average Bonchev–Trinajstić information content (AvgIpc) is 2.58. The molecular weight excluding hydrogens is 487 g/mol. The molecule has 0 fully saturated rings. The first-order valence-corrected chi connectivity index (χ1v) is 10.2. The van der Waals surface area contributed by atoms with Crippen LogP contribution in [0.15, 0.2) is 0 Å². The normalized spacial score (nSPS) is 16.7. The molecule has 0 heterocycles. The summed E-state index contributed by atoms with van der Waals surface area (Å²) in [4.78, 5) is -0.0528. The fourth-order valence-corrected chi connectivity index (χ4v) is 2.95. The minimum atomic E-state index is -6.28. The molecule has 0 aromatic rings. The highest BCUT2D eigenvalue weighted by Gasteiger charge is 2.64. The van der Waals surface area contributed by atoms with Crippen LogP contribution < -0.4 is 0 Å². The first-order chi connectivity index (χ1) is 13.2. The molecule has 0 aliphatic carbocycles. The number of hydrogen-bond donors (Lipinski definition) is 0. The zero-order chi connectivity index (χ0) is 22.8. The van der Waals surface area contributed by atoms with Gasteiger partial charge in [0.05, 0.1) is 6.61 Å². The Hall–Kier alpha value is -0.230. The van der Waals surface area contributed by atoms with Gasteiger partial charge in [0.2, 0.25) is 0 Å². The molecule has 2 unspecified atom stereocenters. The molecule has 2 atom stereocenters. The van der Waals surface area contributed by atoms with Gasteiger partial charge in [-0.05, 0) is 19.3 Å². The van der Waals surface area contributed by atoms with Gasteiger partial charge >= 0.3 is 24.3 Å². The van der Waals surface area contributed by atoms with E-state index in [-0.39, 0.29) is 11.2 Å². The second-order valence-corrected chi connectivity index (χ2v) is 7.97. The van der Waals surface area contributed by atoms with Crippen LogP contribution in [0.1, 0.15) is 64.7 Å². The first-order valence-electron chi connectivity index (χ1n) is 9.28. The minimum absolute atomic E-state index is 0.0524. The Morgan fingerprint density at radius 2 is 1.21 bits per heavy atom. The molecule has 0 aromatic heterocycles. The van der Waals surface area contributed by atoms with Crippen LogP contribution in [0, 0.1) is 0 Å². The van der Waals surface area contributed by atoms with Crippen molar-refractivity contribution in [3.05, 3.63) is 0 Å². The molecule has 0 aliphatic heterocycles. The van der Waals surface area contributed by atoms with E-state index >= 15 is 0 Å². The van der Waals surface area contributed by atoms with Gasteiger partial charge in [-0.25, -0.2) is 0 Å². The Morgan fingerprint density at radius 1 is 0.690 bits per heavy atom. The van der Waals surface area contributed by atoms with Crippen LogP contribution in [0.2, 0.25) is 0 Å². The molecule has 0 aromatic carbocycles. The predicted molar refractivity (Wildman–Crippen MR) is 92.7 cm³/mol. The second-order valence-electron chi connectivity index (χ2n) is 6.67. The summed E-state index contributed by atoms with van der Waals surface area (Å²) >= 11 is 3.34. The SMILES string of the molecule is CCCCCCCCC(Br)CCCOC(F)(COC(F)(F)C(F)(F)F)C(F)(F)F. The van der Waals surface area contributed by atoms with E-state index in [0.717, 1.165) is 44.9 Å². The molecular formula is C17H26BrF9O2. The summed E-state index contributed by atoms with van der Waals surface area (Å²) < 4.78 is 120. The van der Waals surface area contributed by atoms with E-state index in [2.05, 4.69) is 32.3 Å². The summed E-state index contributed by atoms with van der Waals surface area (Å²) in [5, 5.41) is 0. The minimum Gasteiger partial charge on any atom is -0.337 e. The molecule has 0 radical (unpaired) electrons. The third-order valence-corrected chi connectivity index (χ3v) is 4.97. The van der Waals surface area contributed by atoms with E-state index in [4.69, 9.17) is 0 Å². The molecule has 0 saturated carbocycles. The van der Waals surface area contributed by atoms with Gasteiger partial charge in [0, 0.05) is 4.83 Å². The van der Waals surface area contributed by atoms with Crippen LogP contribution in [0.4, 0.5) is 39.5 Å². The highest BCUT2D eigenvalue weighted by Crippen LogP contribution is 2.41. The molecule has 2 nitrogen and oxygen atoms in total. The van der Waals surface area contributed by atoms with Gasteiger partial charge in [-0.1, -0.05) is 61.4 Å². The van der Waals surface area contributed by atoms with Gasteiger partial charge < -0.3 is 9.47 Å². The number of alkyl halides is 10. The highest BCUT2D eigenvalue weighted by molar-refractivity contribution is 9.09. The van der Waals surface area contributed by atoms with Crippen LogP contribution in [0.3, 0.4) is 0 Å². The van der Waals surface area contributed by atoms with E-state index < -0.39 is 37.5 Å². The number of hydrogen-bond acceptors (Lipinski definition) is 2. The lowest BCUT2D eigenvalue weighted by Crippen LogP contribution is -2.51. The maximum Gasteiger partial charge on any atom is 0.482 e. The first kappa shape index (κ1) is 28.8. The van der Waals surface area contributed by atoms with E-state index in [1.807, 2.05) is 0 Å². The van der Waals surface area contributed by atoms with Crippen molar-refractivity contribution in [2.24, 2.45) is 0 Å². The molecule has 29 heavy (non-hydrogen) atoms. The van der Waals surface area contributed by atoms with Gasteiger partial charge in [-0.15, -0.1) is 0 Å². The molecule has 176 valence electrons. The third-order valence-electron chi connectivity index (χ3n) is 4.06. The molecule has 0 rings (SSSR count). The molecule has 0 N–H and O–H groups in total. The second kappa shape index (κ2) is 12.6. The maximum absolute atomic E-state index is 13.9. The largest absolute Gasteiger partial charge is 0.482 e. The molecule has 12 heteroatoms. The van der Waals surface area contributed by atoms with Crippen molar-refractivity contribution in [1.82, 2.24) is 0 Å². The van der Waals surface area contributed by atoms with Crippen LogP contribution >= 0.6 is 15.9 Å². The molecule has 0 amide bonds. The summed E-state index contributed by atoms with van der Waals surface area (Å²) in [6, 6.07) is 0. The van der Waals surface area contributed by atoms with Gasteiger partial charge in [-0.3, -0.25) is 0 Å². The van der Waals surface area contributed by atoms with Crippen molar-refractivity contribution < 1.29 is 49.0 Å². The number of halogens is 10. The smallest absolute Gasteiger partial charge is 0.337 e. The summed E-state index contributed by atoms with van der Waals surface area (Å²) in [7, 11) is 0. The Balaban J connectivity index is 4.37. The van der Waals surface area contributed by atoms with E-state index in [0.29, 0.717) is 6.42 Å². The Labute approximate surface area is 172 Å². The third kappa shape index (κ3) is 11.1. The summed E-state index contributed by atoms with van der Waals surface area (Å²) in [5.41, 5.74) is 0. The molecule has 0 saturated heterocycles. The lowest BCUT2D eigenvalue weighted by Gasteiger charge is -2.30. The van der Waals surface area contributed by atoms with Crippen LogP contribution in [0.5, 0.6) is 0 Å². The van der Waals surface area contributed by atoms with Crippen LogP contribution in [-0.2, 0) is 9.47 Å². The maximum atomic E-state index is 13.9. The molecule has 0 bridgehead atoms. The zero-order valence-electron chi connectivity index (χ0n) is 16.0. The lowest BCUT2D eigenvalue weighted by molar-refractivity contribution is -0.422. The van der Waals surface area contributed by atoms with E-state index in [9.17, 15) is 39.5 Å². The standard InChI is InChI=1S/C17H26BrF9O2/c1-2-3-4-5-6-7-9-13(18)10-8-11-28-14(19,15(20,21)22)12-29-17(26,27)16(23,24)25/h13H,2-12H2,1H3. The van der Waals surface area contributed by atoms with E-state index in [1.165, 1.54) is 0 Å². The molecule has 0 spiro atoms. The summed E-state index contributed by atoms with van der Waals surface area (Å²) in [6.45, 7) is -1.37. The van der Waals surface area contributed by atoms with Crippen molar-refractivity contribution in [2.45, 2.75) is 93.9 Å². The quantitative estimate of drug-likeness (QED) is 0.127. The van der Waals surface area contributed by atoms with Gasteiger partial charge in [0.1, 0.15) is 6.61 Å². The monoisotopic (exact) mass is 512 g/mol. The average molecular weight is 513 g/mol. The van der Waals surface area contributed by atoms with Gasteiger partial charge in [0.25, 0.3) is 0 Å². The van der Waals surface area contributed by atoms with Gasteiger partial charge in [0.15, 0.2) is 0 Å². The predicted octanol–water partition coefficient (Wildman–Crippen LogP) is 7.70. The van der Waals surface area contributed by atoms with Crippen molar-refractivity contribution in [3.8, 4) is 0 Å². The Morgan fingerprint density at radius 3 is 1.72 bits per heavy atom. The number of unbranched alkanes of at least 4 members (excludes halogenated alkanes) is 5. The number of rotatable bonds is 15. The summed E-state index contributed by atoms with van der Waals surface area (Å²) in [6.07, 6.45) is -10.7. The van der Waals surface area contributed by atoms with Crippen molar-refractivity contribution in [3.63, 3.8) is 0 Å². The van der Waals surface area contributed by atoms with Gasteiger partial charge in [-0.2, -0.15) is 39.5 Å². The fraction of sp³-hybridized carbons (Fsp3) is 1.00. The van der Waals surface area contributed by atoms with Crippen molar-refractivity contribution in [1.29, 1.82) is 0 Å². The van der Waals surface area contributed by atoms with E-state index in [1.54, 1.807) is 0 Å². The Bertz CT molecular complexity index is 444. The fourth-order valence-electron chi connectivity index (χ4n) is 2.30. The highest BCUT2D eigenvalue weighted by atomic mass is 79.9. The lowest BCUT2D eigenvalue weighted by atomic mass is 10.1. The van der Waals surface area contributed by atoms with Crippen LogP contribution in [-0.4, -0.2) is 42.4 Å². The van der Waals surface area contributed by atoms with Crippen molar-refractivity contribution in [2.75, 3.05) is 13.2 Å². The number of ether oxygens (including phenoxy) is 2. The Kier molecular flexibility index (Phi) is 12.5. The van der Waals surface area contributed by atoms with Crippen molar-refractivity contribution >= 4 is 15.9 Å². The zero-order valence-corrected chi connectivity index (χ0v) is 17.5. The topological polar surface area (TPSA) is 18.5 Å². The molecule has 0 aliphatic rings. The summed E-state index contributed by atoms with van der Waals surface area (Å²) in [5.74, 6) is -4.78.